The van der Waals surface area contributed by atoms with E-state index in [9.17, 15) is 9.18 Å². The molecule has 0 saturated carbocycles. The summed E-state index contributed by atoms with van der Waals surface area (Å²) in [6, 6.07) is 24.6. The van der Waals surface area contributed by atoms with Crippen molar-refractivity contribution in [3.8, 4) is 5.75 Å². The number of thioether (sulfide) groups is 1. The van der Waals surface area contributed by atoms with Crippen LogP contribution in [0.1, 0.15) is 22.3 Å². The number of aryl methyl sites for hydroxylation is 2. The molecule has 4 aromatic carbocycles. The quantitative estimate of drug-likeness (QED) is 0.215. The number of hydrogen-bond donors (Lipinski definition) is 0. The maximum Gasteiger partial charge on any atom is 0.271 e. The molecule has 1 aliphatic heterocycles. The van der Waals surface area contributed by atoms with E-state index in [2.05, 4.69) is 0 Å². The van der Waals surface area contributed by atoms with Crippen LogP contribution in [-0.4, -0.2) is 11.1 Å². The minimum atomic E-state index is -0.301. The highest BCUT2D eigenvalue weighted by molar-refractivity contribution is 8.19. The van der Waals surface area contributed by atoms with Gasteiger partial charge < -0.3 is 4.74 Å². The average Bonchev–Trinajstić information content (AvgIpc) is 3.22. The van der Waals surface area contributed by atoms with Gasteiger partial charge in [-0.25, -0.2) is 9.38 Å². The summed E-state index contributed by atoms with van der Waals surface area (Å²) < 4.78 is 19.3. The summed E-state index contributed by atoms with van der Waals surface area (Å²) in [5.74, 6) is 0.0685. The van der Waals surface area contributed by atoms with Crippen molar-refractivity contribution >= 4 is 63.5 Å². The van der Waals surface area contributed by atoms with Crippen molar-refractivity contribution in [3.05, 3.63) is 128 Å². The second-order valence-electron chi connectivity index (χ2n) is 8.97. The highest BCUT2D eigenvalue weighted by Gasteiger charge is 2.35. The maximum atomic E-state index is 13.8. The van der Waals surface area contributed by atoms with Crippen LogP contribution in [-0.2, 0) is 11.4 Å². The molecule has 1 saturated heterocycles. The number of ether oxygens (including phenoxy) is 1. The summed E-state index contributed by atoms with van der Waals surface area (Å²) in [4.78, 5) is 20.6. The summed E-state index contributed by atoms with van der Waals surface area (Å²) in [5, 5.41) is 1.63. The molecule has 0 aliphatic carbocycles. The molecule has 1 heterocycles. The molecule has 0 unspecified atom stereocenters. The van der Waals surface area contributed by atoms with Gasteiger partial charge in [-0.3, -0.25) is 9.69 Å². The Balaban J connectivity index is 1.50. The van der Waals surface area contributed by atoms with E-state index >= 15 is 0 Å². The van der Waals surface area contributed by atoms with Crippen LogP contribution in [0.2, 0.25) is 10.0 Å². The van der Waals surface area contributed by atoms with Crippen LogP contribution < -0.4 is 9.64 Å². The summed E-state index contributed by atoms with van der Waals surface area (Å²) in [5.41, 5.74) is 4.66. The first-order chi connectivity index (χ1) is 18.8. The first-order valence-corrected chi connectivity index (χ1v) is 13.7. The Morgan fingerprint density at radius 2 is 1.62 bits per heavy atom. The van der Waals surface area contributed by atoms with Gasteiger partial charge in [0.05, 0.1) is 16.3 Å². The normalized spacial score (nSPS) is 15.4. The summed E-state index contributed by atoms with van der Waals surface area (Å²) in [7, 11) is 0. The number of aliphatic imine (C=N–C) groups is 1. The van der Waals surface area contributed by atoms with Crippen LogP contribution in [0.4, 0.5) is 15.8 Å². The van der Waals surface area contributed by atoms with Gasteiger partial charge >= 0.3 is 0 Å². The van der Waals surface area contributed by atoms with E-state index in [4.69, 9.17) is 32.9 Å². The molecule has 1 amide bonds. The molecule has 4 nitrogen and oxygen atoms in total. The van der Waals surface area contributed by atoms with Crippen molar-refractivity contribution in [1.82, 2.24) is 0 Å². The third-order valence-electron chi connectivity index (χ3n) is 6.11. The molecule has 1 fully saturated rings. The molecule has 0 spiro atoms. The molecule has 0 atom stereocenters. The summed E-state index contributed by atoms with van der Waals surface area (Å²) >= 11 is 14.0. The molecule has 5 rings (SSSR count). The number of halogens is 3. The Morgan fingerprint density at radius 3 is 2.33 bits per heavy atom. The number of hydrogen-bond acceptors (Lipinski definition) is 4. The van der Waals surface area contributed by atoms with Crippen LogP contribution in [0.25, 0.3) is 6.08 Å². The van der Waals surface area contributed by atoms with Crippen molar-refractivity contribution in [3.63, 3.8) is 0 Å². The first kappa shape index (κ1) is 27.0. The number of amides is 1. The Morgan fingerprint density at radius 1 is 0.923 bits per heavy atom. The molecule has 1 aliphatic rings. The van der Waals surface area contributed by atoms with E-state index in [1.54, 1.807) is 35.2 Å². The van der Waals surface area contributed by atoms with Gasteiger partial charge in [0, 0.05) is 15.6 Å². The van der Waals surface area contributed by atoms with Gasteiger partial charge in [-0.2, -0.15) is 0 Å². The van der Waals surface area contributed by atoms with Crippen LogP contribution in [0.15, 0.2) is 94.8 Å². The Hall–Kier alpha value is -3.58. The third-order valence-corrected chi connectivity index (χ3v) is 7.90. The number of carbonyl (C=O) groups is 1. The highest BCUT2D eigenvalue weighted by Crippen LogP contribution is 2.39. The van der Waals surface area contributed by atoms with Crippen molar-refractivity contribution in [1.29, 1.82) is 0 Å². The van der Waals surface area contributed by atoms with E-state index in [1.807, 2.05) is 62.4 Å². The Labute approximate surface area is 240 Å². The lowest BCUT2D eigenvalue weighted by atomic mass is 10.1. The number of benzene rings is 4. The van der Waals surface area contributed by atoms with Crippen LogP contribution >= 0.6 is 35.0 Å². The second kappa shape index (κ2) is 11.7. The zero-order chi connectivity index (χ0) is 27.5. The SMILES string of the molecule is Cc1ccc(N=C2S/C(=C/c3ccccc3OCc3ccc(F)cc3)C(=O)N2c2ccc(C)c(Cl)c2)cc1Cl. The molecule has 0 N–H and O–H groups in total. The van der Waals surface area contributed by atoms with E-state index in [0.717, 1.165) is 22.3 Å². The summed E-state index contributed by atoms with van der Waals surface area (Å²) in [6.45, 7) is 4.09. The monoisotopic (exact) mass is 576 g/mol. The van der Waals surface area contributed by atoms with Crippen molar-refractivity contribution in [2.45, 2.75) is 20.5 Å². The van der Waals surface area contributed by atoms with E-state index < -0.39 is 0 Å². The number of rotatable bonds is 6. The lowest BCUT2D eigenvalue weighted by molar-refractivity contribution is -0.113. The maximum absolute atomic E-state index is 13.8. The predicted octanol–water partition coefficient (Wildman–Crippen LogP) is 9.14. The van der Waals surface area contributed by atoms with Crippen LogP contribution in [0.3, 0.4) is 0 Å². The highest BCUT2D eigenvalue weighted by atomic mass is 35.5. The van der Waals surface area contributed by atoms with Crippen molar-refractivity contribution < 1.29 is 13.9 Å². The Kier molecular flexibility index (Phi) is 8.07. The first-order valence-electron chi connectivity index (χ1n) is 12.1. The molecular formula is C31H23Cl2FN2O2S. The van der Waals surface area contributed by atoms with Gasteiger partial charge in [0.25, 0.3) is 5.91 Å². The number of para-hydroxylation sites is 1. The van der Waals surface area contributed by atoms with Crippen LogP contribution in [0.5, 0.6) is 5.75 Å². The fraction of sp³-hybridized carbons (Fsp3) is 0.0968. The van der Waals surface area contributed by atoms with E-state index in [1.165, 1.54) is 23.9 Å². The molecule has 8 heteroatoms. The summed E-state index contributed by atoms with van der Waals surface area (Å²) in [6.07, 6.45) is 1.79. The molecular weight excluding hydrogens is 554 g/mol. The van der Waals surface area contributed by atoms with Gasteiger partial charge in [0.2, 0.25) is 0 Å². The largest absolute Gasteiger partial charge is 0.488 e. The van der Waals surface area contributed by atoms with Gasteiger partial charge in [0.1, 0.15) is 18.2 Å². The predicted molar refractivity (Wildman–Crippen MR) is 160 cm³/mol. The fourth-order valence-electron chi connectivity index (χ4n) is 3.87. The fourth-order valence-corrected chi connectivity index (χ4v) is 5.21. The number of anilines is 1. The minimum absolute atomic E-state index is 0.231. The van der Waals surface area contributed by atoms with Crippen molar-refractivity contribution in [2.24, 2.45) is 4.99 Å². The zero-order valence-corrected chi connectivity index (χ0v) is 23.4. The number of amidine groups is 1. The molecule has 39 heavy (non-hydrogen) atoms. The van der Waals surface area contributed by atoms with Crippen LogP contribution in [0, 0.1) is 19.7 Å². The van der Waals surface area contributed by atoms with E-state index in [-0.39, 0.29) is 18.3 Å². The standard InChI is InChI=1S/C31H23Cl2FN2O2S/c1-19-7-13-24(16-26(19)32)35-31-36(25-14-8-20(2)27(33)17-25)30(37)29(39-31)15-22-5-3-4-6-28(22)38-18-21-9-11-23(34)12-10-21/h3-17H,18H2,1-2H3/b29-15+,35-31?. The van der Waals surface area contributed by atoms with Gasteiger partial charge in [-0.1, -0.05) is 65.7 Å². The Bertz CT molecular complexity index is 1620. The molecule has 196 valence electrons. The average molecular weight is 578 g/mol. The molecule has 0 bridgehead atoms. The van der Waals surface area contributed by atoms with Gasteiger partial charge in [-0.15, -0.1) is 0 Å². The minimum Gasteiger partial charge on any atom is -0.488 e. The zero-order valence-electron chi connectivity index (χ0n) is 21.1. The molecule has 0 radical (unpaired) electrons. The van der Waals surface area contributed by atoms with Gasteiger partial charge in [-0.05, 0) is 90.8 Å². The van der Waals surface area contributed by atoms with Gasteiger partial charge in [0.15, 0.2) is 5.17 Å². The second-order valence-corrected chi connectivity index (χ2v) is 10.8. The lowest BCUT2D eigenvalue weighted by Crippen LogP contribution is -2.28. The topological polar surface area (TPSA) is 41.9 Å². The van der Waals surface area contributed by atoms with E-state index in [0.29, 0.717) is 37.2 Å². The number of nitrogens with zero attached hydrogens (tertiary/aromatic N) is 2. The third kappa shape index (κ3) is 6.19. The smallest absolute Gasteiger partial charge is 0.271 e. The lowest BCUT2D eigenvalue weighted by Gasteiger charge is -2.16. The molecule has 0 aromatic heterocycles. The van der Waals surface area contributed by atoms with Crippen molar-refractivity contribution in [2.75, 3.05) is 4.90 Å². The molecule has 4 aromatic rings. The number of carbonyl (C=O) groups excluding carboxylic acids is 1.